The molecule has 9 nitrogen and oxygen atoms in total. The van der Waals surface area contributed by atoms with Gasteiger partial charge >= 0.3 is 6.09 Å². The number of benzene rings is 1. The predicted molar refractivity (Wildman–Crippen MR) is 108 cm³/mol. The van der Waals surface area contributed by atoms with Crippen molar-refractivity contribution in [1.82, 2.24) is 15.7 Å². The molecule has 0 saturated carbocycles. The second kappa shape index (κ2) is 11.9. The highest BCUT2D eigenvalue weighted by Crippen LogP contribution is 2.26. The lowest BCUT2D eigenvalue weighted by atomic mass is 10.0. The van der Waals surface area contributed by atoms with Crippen LogP contribution in [0, 0.1) is 5.92 Å². The van der Waals surface area contributed by atoms with Crippen LogP contribution in [0.3, 0.4) is 0 Å². The maximum atomic E-state index is 12.3. The van der Waals surface area contributed by atoms with Crippen molar-refractivity contribution >= 4 is 24.1 Å². The Morgan fingerprint density at radius 2 is 2.17 bits per heavy atom. The molecular formula is C20H30N4O5. The molecular weight excluding hydrogens is 376 g/mol. The molecule has 0 aromatic heterocycles. The molecule has 0 saturated heterocycles. The van der Waals surface area contributed by atoms with Crippen LogP contribution in [0.25, 0.3) is 0 Å². The van der Waals surface area contributed by atoms with Gasteiger partial charge in [0.15, 0.2) is 0 Å². The molecule has 1 aromatic rings. The summed E-state index contributed by atoms with van der Waals surface area (Å²) in [4.78, 5) is 34.9. The first-order valence-electron chi connectivity index (χ1n) is 10.0. The number of hydrogen-bond donors (Lipinski definition) is 4. The Morgan fingerprint density at radius 1 is 1.34 bits per heavy atom. The highest BCUT2D eigenvalue weighted by Gasteiger charge is 2.20. The molecule has 1 heterocycles. The van der Waals surface area contributed by atoms with E-state index in [1.54, 1.807) is 6.07 Å². The molecule has 0 aliphatic carbocycles. The van der Waals surface area contributed by atoms with E-state index in [1.165, 1.54) is 0 Å². The van der Waals surface area contributed by atoms with Crippen molar-refractivity contribution < 1.29 is 24.3 Å². The van der Waals surface area contributed by atoms with Gasteiger partial charge in [-0.15, -0.1) is 0 Å². The van der Waals surface area contributed by atoms with Crippen molar-refractivity contribution in [3.8, 4) is 5.75 Å². The molecule has 160 valence electrons. The van der Waals surface area contributed by atoms with Crippen LogP contribution in [0.15, 0.2) is 18.2 Å². The van der Waals surface area contributed by atoms with Crippen molar-refractivity contribution in [2.75, 3.05) is 25.1 Å². The zero-order chi connectivity index (χ0) is 21.1. The molecule has 4 N–H and O–H groups in total. The summed E-state index contributed by atoms with van der Waals surface area (Å²) in [5.74, 6) is -0.458. The van der Waals surface area contributed by atoms with Crippen LogP contribution in [0.1, 0.15) is 44.6 Å². The number of carbonyl (C=O) groups is 3. The van der Waals surface area contributed by atoms with E-state index in [0.717, 1.165) is 49.9 Å². The molecule has 1 atom stereocenters. The Balaban J connectivity index is 1.77. The summed E-state index contributed by atoms with van der Waals surface area (Å²) < 4.78 is 5.26. The minimum atomic E-state index is -0.673. The Labute approximate surface area is 170 Å². The van der Waals surface area contributed by atoms with Crippen molar-refractivity contribution in [1.29, 1.82) is 0 Å². The fourth-order valence-corrected chi connectivity index (χ4v) is 3.22. The summed E-state index contributed by atoms with van der Waals surface area (Å²) in [7, 11) is 0. The van der Waals surface area contributed by atoms with E-state index in [2.05, 4.69) is 16.0 Å². The Bertz CT molecular complexity index is 697. The Kier molecular flexibility index (Phi) is 9.23. The molecule has 1 aliphatic heterocycles. The SMILES string of the molecule is CCCCC[C@H](CN(O)C=O)C(=O)NCNC(=O)Oc1ccc2c(c1)CCCN2. The van der Waals surface area contributed by atoms with Gasteiger partial charge in [0.2, 0.25) is 12.3 Å². The number of hydroxylamine groups is 2. The summed E-state index contributed by atoms with van der Waals surface area (Å²) in [6.07, 6.45) is 4.86. The smallest absolute Gasteiger partial charge is 0.410 e. The zero-order valence-electron chi connectivity index (χ0n) is 16.8. The zero-order valence-corrected chi connectivity index (χ0v) is 16.8. The largest absolute Gasteiger partial charge is 0.413 e. The average molecular weight is 406 g/mol. The summed E-state index contributed by atoms with van der Waals surface area (Å²) >= 11 is 0. The number of hydrogen-bond acceptors (Lipinski definition) is 6. The van der Waals surface area contributed by atoms with Crippen LogP contribution >= 0.6 is 0 Å². The maximum Gasteiger partial charge on any atom is 0.413 e. The molecule has 0 fully saturated rings. The number of rotatable bonds is 11. The number of unbranched alkanes of at least 4 members (excludes halogenated alkanes) is 2. The van der Waals surface area contributed by atoms with Crippen molar-refractivity contribution in [3.05, 3.63) is 23.8 Å². The quantitative estimate of drug-likeness (QED) is 0.147. The van der Waals surface area contributed by atoms with Gasteiger partial charge in [-0.3, -0.25) is 14.8 Å². The lowest BCUT2D eigenvalue weighted by Gasteiger charge is -2.20. The molecule has 0 unspecified atom stereocenters. The van der Waals surface area contributed by atoms with Crippen molar-refractivity contribution in [3.63, 3.8) is 0 Å². The summed E-state index contributed by atoms with van der Waals surface area (Å²) in [5, 5.41) is 18.2. The first kappa shape index (κ1) is 22.5. The van der Waals surface area contributed by atoms with Gasteiger partial charge in [-0.05, 0) is 43.0 Å². The number of ether oxygens (including phenoxy) is 1. The van der Waals surface area contributed by atoms with E-state index < -0.39 is 12.0 Å². The molecule has 29 heavy (non-hydrogen) atoms. The van der Waals surface area contributed by atoms with Gasteiger partial charge in [-0.2, -0.15) is 0 Å². The monoisotopic (exact) mass is 406 g/mol. The minimum Gasteiger partial charge on any atom is -0.410 e. The van der Waals surface area contributed by atoms with Gasteiger partial charge in [0.1, 0.15) is 5.75 Å². The summed E-state index contributed by atoms with van der Waals surface area (Å²) in [6.45, 7) is 2.79. The standard InChI is InChI=1S/C20H30N4O5/c1-2-3-4-6-16(12-24(28)14-25)19(26)22-13-23-20(27)29-17-8-9-18-15(11-17)7-5-10-21-18/h8-9,11,14,16,21,28H,2-7,10,12-13H2,1H3,(H,22,26)(H,23,27)/t16-/m1/s1. The second-order valence-electron chi connectivity index (χ2n) is 7.05. The number of carbonyl (C=O) groups excluding carboxylic acids is 3. The normalized spacial score (nSPS) is 13.4. The molecule has 0 bridgehead atoms. The fraction of sp³-hybridized carbons (Fsp3) is 0.550. The van der Waals surface area contributed by atoms with Gasteiger partial charge in [0.25, 0.3) is 0 Å². The van der Waals surface area contributed by atoms with Crippen LogP contribution in [-0.2, 0) is 16.0 Å². The molecule has 0 spiro atoms. The van der Waals surface area contributed by atoms with Crippen LogP contribution in [0.5, 0.6) is 5.75 Å². The number of fused-ring (bicyclic) bond motifs is 1. The van der Waals surface area contributed by atoms with Crippen molar-refractivity contribution in [2.45, 2.75) is 45.4 Å². The number of nitrogens with one attached hydrogen (secondary N) is 3. The Hall–Kier alpha value is -2.81. The van der Waals surface area contributed by atoms with Crippen LogP contribution in [-0.4, -0.2) is 48.4 Å². The summed E-state index contributed by atoms with van der Waals surface area (Å²) in [6, 6.07) is 5.43. The van der Waals surface area contributed by atoms with Crippen LogP contribution in [0.4, 0.5) is 10.5 Å². The highest BCUT2D eigenvalue weighted by atomic mass is 16.6. The van der Waals surface area contributed by atoms with Crippen LogP contribution < -0.4 is 20.7 Å². The third kappa shape index (κ3) is 7.61. The first-order valence-corrected chi connectivity index (χ1v) is 10.0. The molecule has 1 aromatic carbocycles. The first-order chi connectivity index (χ1) is 14.0. The predicted octanol–water partition coefficient (Wildman–Crippen LogP) is 2.25. The van der Waals surface area contributed by atoms with Gasteiger partial charge in [0.05, 0.1) is 19.1 Å². The number of aryl methyl sites for hydroxylation is 1. The number of anilines is 1. The molecule has 2 rings (SSSR count). The maximum absolute atomic E-state index is 12.3. The van der Waals surface area contributed by atoms with Crippen molar-refractivity contribution in [2.24, 2.45) is 5.92 Å². The third-order valence-electron chi connectivity index (χ3n) is 4.78. The molecule has 3 amide bonds. The second-order valence-corrected chi connectivity index (χ2v) is 7.05. The lowest BCUT2D eigenvalue weighted by molar-refractivity contribution is -0.154. The Morgan fingerprint density at radius 3 is 2.93 bits per heavy atom. The van der Waals surface area contributed by atoms with E-state index in [4.69, 9.17) is 4.74 Å². The molecule has 0 radical (unpaired) electrons. The van der Waals surface area contributed by atoms with Crippen LogP contribution in [0.2, 0.25) is 0 Å². The van der Waals surface area contributed by atoms with E-state index in [0.29, 0.717) is 17.2 Å². The lowest BCUT2D eigenvalue weighted by Crippen LogP contribution is -2.43. The van der Waals surface area contributed by atoms with E-state index in [-0.39, 0.29) is 25.5 Å². The van der Waals surface area contributed by atoms with Gasteiger partial charge in [-0.25, -0.2) is 9.86 Å². The van der Waals surface area contributed by atoms with Gasteiger partial charge in [-0.1, -0.05) is 26.2 Å². The topological polar surface area (TPSA) is 120 Å². The van der Waals surface area contributed by atoms with Gasteiger partial charge in [0, 0.05) is 12.2 Å². The minimum absolute atomic E-state index is 0.0906. The van der Waals surface area contributed by atoms with E-state index in [9.17, 15) is 19.6 Å². The summed E-state index contributed by atoms with van der Waals surface area (Å²) in [5.41, 5.74) is 2.16. The third-order valence-corrected chi connectivity index (χ3v) is 4.78. The van der Waals surface area contributed by atoms with Gasteiger partial charge < -0.3 is 20.7 Å². The molecule has 1 aliphatic rings. The fourth-order valence-electron chi connectivity index (χ4n) is 3.22. The van der Waals surface area contributed by atoms with E-state index in [1.807, 2.05) is 19.1 Å². The number of amides is 3. The average Bonchev–Trinajstić information content (AvgIpc) is 2.72. The molecule has 9 heteroatoms. The van der Waals surface area contributed by atoms with E-state index >= 15 is 0 Å². The highest BCUT2D eigenvalue weighted by molar-refractivity contribution is 5.79. The number of nitrogens with zero attached hydrogens (tertiary/aromatic N) is 1.